The zero-order valence-corrected chi connectivity index (χ0v) is 24.0. The first-order valence-electron chi connectivity index (χ1n) is 13.2. The molecular formula is C30H24ClF3N6O4. The van der Waals surface area contributed by atoms with Crippen molar-refractivity contribution in [3.63, 3.8) is 0 Å². The molecule has 0 radical (unpaired) electrons. The molecule has 1 atom stereocenters. The molecule has 1 saturated heterocycles. The van der Waals surface area contributed by atoms with Crippen molar-refractivity contribution in [3.05, 3.63) is 95.5 Å². The maximum Gasteiger partial charge on any atom is 0.331 e. The summed E-state index contributed by atoms with van der Waals surface area (Å²) >= 11 is 5.72. The highest BCUT2D eigenvalue weighted by Crippen LogP contribution is 2.30. The van der Waals surface area contributed by atoms with Crippen molar-refractivity contribution in [2.75, 3.05) is 22.1 Å². The zero-order valence-electron chi connectivity index (χ0n) is 23.2. The van der Waals surface area contributed by atoms with Crippen LogP contribution in [0.1, 0.15) is 13.8 Å². The van der Waals surface area contributed by atoms with Gasteiger partial charge in [0.05, 0.1) is 10.7 Å². The molecule has 0 aliphatic carbocycles. The molecule has 44 heavy (non-hydrogen) atoms. The summed E-state index contributed by atoms with van der Waals surface area (Å²) in [6.07, 6.45) is 2.62. The number of rotatable bonds is 8. The molecule has 2 aromatic heterocycles. The molecule has 14 heteroatoms. The van der Waals surface area contributed by atoms with Gasteiger partial charge in [0.25, 0.3) is 0 Å². The van der Waals surface area contributed by atoms with Crippen molar-refractivity contribution in [1.82, 2.24) is 14.9 Å². The van der Waals surface area contributed by atoms with Crippen LogP contribution in [-0.2, 0) is 9.59 Å². The van der Waals surface area contributed by atoms with Crippen molar-refractivity contribution in [2.24, 2.45) is 5.92 Å². The average Bonchev–Trinajstić information content (AvgIpc) is 2.97. The number of anilines is 4. The lowest BCUT2D eigenvalue weighted by Gasteiger charge is -2.39. The minimum Gasteiger partial charge on any atom is -0.454 e. The van der Waals surface area contributed by atoms with Gasteiger partial charge in [-0.3, -0.25) is 9.59 Å². The van der Waals surface area contributed by atoms with Gasteiger partial charge >= 0.3 is 6.03 Å². The molecule has 0 saturated carbocycles. The highest BCUT2D eigenvalue weighted by atomic mass is 35.5. The van der Waals surface area contributed by atoms with Gasteiger partial charge in [0, 0.05) is 42.8 Å². The summed E-state index contributed by atoms with van der Waals surface area (Å²) in [5, 5.41) is 5.33. The molecule has 1 fully saturated rings. The van der Waals surface area contributed by atoms with Gasteiger partial charge in [-0.25, -0.2) is 32.8 Å². The second-order valence-corrected chi connectivity index (χ2v) is 10.4. The Labute approximate surface area is 254 Å². The topological polar surface area (TPSA) is 117 Å². The Morgan fingerprint density at radius 3 is 2.43 bits per heavy atom. The Morgan fingerprint density at radius 1 is 1.00 bits per heavy atom. The van der Waals surface area contributed by atoms with Crippen molar-refractivity contribution >= 4 is 52.5 Å². The molecule has 226 valence electrons. The third-order valence-corrected chi connectivity index (χ3v) is 6.78. The number of ether oxygens (including phenoxy) is 1. The van der Waals surface area contributed by atoms with E-state index in [2.05, 4.69) is 20.6 Å². The molecule has 0 spiro atoms. The van der Waals surface area contributed by atoms with E-state index in [-0.39, 0.29) is 52.1 Å². The van der Waals surface area contributed by atoms with Crippen LogP contribution in [0, 0.1) is 23.4 Å². The number of benzene rings is 2. The number of halogens is 4. The second kappa shape index (κ2) is 12.6. The molecule has 2 N–H and O–H groups in total. The van der Waals surface area contributed by atoms with Crippen LogP contribution >= 0.6 is 11.6 Å². The summed E-state index contributed by atoms with van der Waals surface area (Å²) in [6.45, 7) is 3.26. The Morgan fingerprint density at radius 2 is 1.75 bits per heavy atom. The number of carbonyl (C=O) groups is 3. The Hall–Kier alpha value is -5.17. The Balaban J connectivity index is 1.29. The number of pyridine rings is 2. The number of aromatic nitrogens is 2. The fourth-order valence-corrected chi connectivity index (χ4v) is 4.52. The van der Waals surface area contributed by atoms with Gasteiger partial charge in [0.2, 0.25) is 11.8 Å². The minimum atomic E-state index is -1.32. The molecule has 1 aliphatic rings. The Kier molecular flexibility index (Phi) is 8.67. The summed E-state index contributed by atoms with van der Waals surface area (Å²) in [6, 6.07) is 11.3. The highest BCUT2D eigenvalue weighted by Gasteiger charge is 2.44. The van der Waals surface area contributed by atoms with E-state index in [0.717, 1.165) is 29.2 Å². The molecule has 4 amide bonds. The third kappa shape index (κ3) is 6.57. The van der Waals surface area contributed by atoms with Crippen molar-refractivity contribution in [1.29, 1.82) is 0 Å². The van der Waals surface area contributed by atoms with E-state index in [0.29, 0.717) is 0 Å². The lowest BCUT2D eigenvalue weighted by Crippen LogP contribution is -2.61. The molecule has 1 aliphatic heterocycles. The van der Waals surface area contributed by atoms with E-state index in [1.54, 1.807) is 13.8 Å². The lowest BCUT2D eigenvalue weighted by molar-refractivity contribution is -0.132. The van der Waals surface area contributed by atoms with Crippen LogP contribution in [0.3, 0.4) is 0 Å². The first-order chi connectivity index (χ1) is 21.0. The van der Waals surface area contributed by atoms with E-state index in [4.69, 9.17) is 16.3 Å². The number of urea groups is 1. The van der Waals surface area contributed by atoms with E-state index >= 15 is 4.39 Å². The predicted octanol–water partition coefficient (Wildman–Crippen LogP) is 6.52. The number of carbonyl (C=O) groups excluding carboxylic acids is 3. The first-order valence-corrected chi connectivity index (χ1v) is 13.6. The SMILES string of the molecule is CC(C)N1CC(C(=O)Nc2ccc(Oc3ccnc(Nc4ncc(Cl)cc4F)c3)c(F)c2)C(=O)N(c2ccc(F)cc2)C1=O. The van der Waals surface area contributed by atoms with Crippen LogP contribution in [0.15, 0.2) is 73.1 Å². The van der Waals surface area contributed by atoms with Crippen LogP contribution in [0.2, 0.25) is 5.02 Å². The molecule has 4 aromatic rings. The van der Waals surface area contributed by atoms with Crippen LogP contribution in [0.25, 0.3) is 0 Å². The standard InChI is InChI=1S/C30H24ClF3N6O4/c1-16(2)39-15-22(29(42)40(30(39)43)20-6-3-18(32)4-7-20)28(41)37-19-5-8-25(23(33)12-19)44-21-9-10-35-26(13-21)38-27-24(34)11-17(31)14-36-27/h3-14,16,22H,15H2,1-2H3,(H,37,41)(H,35,36,38). The van der Waals surface area contributed by atoms with Crippen LogP contribution in [0.4, 0.5) is 41.0 Å². The van der Waals surface area contributed by atoms with Gasteiger partial charge in [-0.15, -0.1) is 0 Å². The molecular weight excluding hydrogens is 601 g/mol. The van der Waals surface area contributed by atoms with Crippen molar-refractivity contribution in [2.45, 2.75) is 19.9 Å². The van der Waals surface area contributed by atoms with Gasteiger partial charge in [-0.1, -0.05) is 11.6 Å². The number of amides is 4. The maximum atomic E-state index is 15.0. The number of hydrogen-bond donors (Lipinski definition) is 2. The highest BCUT2D eigenvalue weighted by molar-refractivity contribution is 6.30. The molecule has 0 bridgehead atoms. The minimum absolute atomic E-state index is 0.0374. The summed E-state index contributed by atoms with van der Waals surface area (Å²) in [5.74, 6) is -4.94. The van der Waals surface area contributed by atoms with E-state index in [9.17, 15) is 23.2 Å². The maximum absolute atomic E-state index is 15.0. The number of hydrogen-bond acceptors (Lipinski definition) is 7. The summed E-state index contributed by atoms with van der Waals surface area (Å²) in [4.78, 5) is 49.7. The number of imide groups is 1. The van der Waals surface area contributed by atoms with E-state index in [1.165, 1.54) is 53.7 Å². The van der Waals surface area contributed by atoms with E-state index < -0.39 is 41.2 Å². The second-order valence-electron chi connectivity index (χ2n) is 9.95. The zero-order chi connectivity index (χ0) is 31.5. The van der Waals surface area contributed by atoms with E-state index in [1.807, 2.05) is 0 Å². The molecule has 1 unspecified atom stereocenters. The normalized spacial score (nSPS) is 15.0. The van der Waals surface area contributed by atoms with Crippen LogP contribution in [0.5, 0.6) is 11.5 Å². The monoisotopic (exact) mass is 624 g/mol. The smallest absolute Gasteiger partial charge is 0.331 e. The van der Waals surface area contributed by atoms with Gasteiger partial charge in [0.15, 0.2) is 23.2 Å². The quantitative estimate of drug-likeness (QED) is 0.215. The van der Waals surface area contributed by atoms with Crippen LogP contribution in [-0.4, -0.2) is 45.3 Å². The first kappa shape index (κ1) is 30.3. The lowest BCUT2D eigenvalue weighted by atomic mass is 10.0. The summed E-state index contributed by atoms with van der Waals surface area (Å²) < 4.78 is 48.2. The largest absolute Gasteiger partial charge is 0.454 e. The Bertz CT molecular complexity index is 1740. The third-order valence-electron chi connectivity index (χ3n) is 6.57. The van der Waals surface area contributed by atoms with Crippen molar-refractivity contribution in [3.8, 4) is 11.5 Å². The number of nitrogens with one attached hydrogen (secondary N) is 2. The van der Waals surface area contributed by atoms with Crippen LogP contribution < -0.4 is 20.3 Å². The molecule has 5 rings (SSSR count). The average molecular weight is 625 g/mol. The molecule has 2 aromatic carbocycles. The van der Waals surface area contributed by atoms with Crippen molar-refractivity contribution < 1.29 is 32.3 Å². The molecule has 10 nitrogen and oxygen atoms in total. The van der Waals surface area contributed by atoms with Gasteiger partial charge in [-0.2, -0.15) is 0 Å². The van der Waals surface area contributed by atoms with Gasteiger partial charge in [-0.05, 0) is 62.4 Å². The molecule has 3 heterocycles. The summed E-state index contributed by atoms with van der Waals surface area (Å²) in [7, 11) is 0. The number of nitrogens with zero attached hydrogens (tertiary/aromatic N) is 4. The fourth-order valence-electron chi connectivity index (χ4n) is 4.37. The summed E-state index contributed by atoms with van der Waals surface area (Å²) in [5.41, 5.74) is 0.150. The van der Waals surface area contributed by atoms with Gasteiger partial charge < -0.3 is 20.3 Å². The predicted molar refractivity (Wildman–Crippen MR) is 156 cm³/mol. The van der Waals surface area contributed by atoms with Gasteiger partial charge in [0.1, 0.15) is 23.3 Å². The fraction of sp³-hybridized carbons (Fsp3) is 0.167.